The average molecular weight is 301 g/mol. The highest BCUT2D eigenvalue weighted by molar-refractivity contribution is 7.86. The van der Waals surface area contributed by atoms with Crippen LogP contribution in [-0.4, -0.2) is 50.5 Å². The first kappa shape index (κ1) is 14.6. The van der Waals surface area contributed by atoms with Gasteiger partial charge in [-0.1, -0.05) is 12.1 Å². The molecule has 0 radical (unpaired) electrons. The fourth-order valence-corrected chi connectivity index (χ4v) is 2.40. The van der Waals surface area contributed by atoms with E-state index in [0.29, 0.717) is 13.2 Å². The monoisotopic (exact) mass is 301 g/mol. The Bertz CT molecular complexity index is 582. The van der Waals surface area contributed by atoms with Crippen molar-refractivity contribution >= 4 is 16.2 Å². The Balaban J connectivity index is 2.08. The van der Waals surface area contributed by atoms with Gasteiger partial charge in [0.05, 0.1) is 19.4 Å². The van der Waals surface area contributed by atoms with Crippen molar-refractivity contribution in [1.82, 2.24) is 4.90 Å². The lowest BCUT2D eigenvalue weighted by molar-refractivity contribution is -0.0232. The molecule has 0 spiro atoms. The van der Waals surface area contributed by atoms with Crippen molar-refractivity contribution in [2.75, 3.05) is 26.0 Å². The second kappa shape index (κ2) is 5.68. The molecule has 7 nitrogen and oxygen atoms in total. The number of amides is 1. The molecule has 1 aromatic rings. The Morgan fingerprint density at radius 3 is 2.60 bits per heavy atom. The molecular formula is C12H15NO6S. The molecule has 1 aromatic carbocycles. The van der Waals surface area contributed by atoms with Crippen molar-refractivity contribution in [3.05, 3.63) is 29.8 Å². The first-order chi connectivity index (χ1) is 9.35. The van der Waals surface area contributed by atoms with Crippen LogP contribution >= 0.6 is 0 Å². The second-order valence-corrected chi connectivity index (χ2v) is 6.02. The highest BCUT2D eigenvalue weighted by Gasteiger charge is 2.25. The van der Waals surface area contributed by atoms with Gasteiger partial charge in [-0.05, 0) is 17.7 Å². The van der Waals surface area contributed by atoms with Crippen molar-refractivity contribution < 1.29 is 27.2 Å². The van der Waals surface area contributed by atoms with E-state index >= 15 is 0 Å². The highest BCUT2D eigenvalue weighted by atomic mass is 32.2. The van der Waals surface area contributed by atoms with Gasteiger partial charge in [-0.25, -0.2) is 4.79 Å². The summed E-state index contributed by atoms with van der Waals surface area (Å²) >= 11 is 0. The summed E-state index contributed by atoms with van der Waals surface area (Å²) in [6.45, 7) is 0.932. The lowest BCUT2D eigenvalue weighted by Crippen LogP contribution is -2.41. The predicted molar refractivity (Wildman–Crippen MR) is 70.2 cm³/mol. The number of hydrogen-bond acceptors (Lipinski definition) is 5. The van der Waals surface area contributed by atoms with E-state index in [0.717, 1.165) is 11.8 Å². The van der Waals surface area contributed by atoms with E-state index in [1.54, 1.807) is 12.1 Å². The van der Waals surface area contributed by atoms with Crippen LogP contribution in [-0.2, 0) is 14.9 Å². The molecule has 0 aromatic heterocycles. The van der Waals surface area contributed by atoms with Gasteiger partial charge in [0.1, 0.15) is 11.9 Å². The van der Waals surface area contributed by atoms with Crippen LogP contribution in [0.15, 0.2) is 24.3 Å². The highest BCUT2D eigenvalue weighted by Crippen LogP contribution is 2.24. The zero-order valence-corrected chi connectivity index (χ0v) is 11.7. The lowest BCUT2D eigenvalue weighted by atomic mass is 10.1. The van der Waals surface area contributed by atoms with Gasteiger partial charge in [-0.3, -0.25) is 0 Å². The number of nitrogens with zero attached hydrogens (tertiary/aromatic N) is 1. The van der Waals surface area contributed by atoms with Crippen molar-refractivity contribution in [1.29, 1.82) is 0 Å². The van der Waals surface area contributed by atoms with Crippen LogP contribution in [0.4, 0.5) is 4.79 Å². The quantitative estimate of drug-likeness (QED) is 0.840. The molecule has 1 N–H and O–H groups in total. The van der Waals surface area contributed by atoms with Crippen molar-refractivity contribution in [3.63, 3.8) is 0 Å². The molecule has 8 heteroatoms. The first-order valence-electron chi connectivity index (χ1n) is 5.94. The summed E-state index contributed by atoms with van der Waals surface area (Å²) in [5, 5.41) is 8.96. The number of benzene rings is 1. The van der Waals surface area contributed by atoms with Crippen LogP contribution in [0.5, 0.6) is 5.75 Å². The summed E-state index contributed by atoms with van der Waals surface area (Å²) in [6, 6.07) is 6.35. The summed E-state index contributed by atoms with van der Waals surface area (Å²) < 4.78 is 32.2. The van der Waals surface area contributed by atoms with Gasteiger partial charge in [0.15, 0.2) is 0 Å². The summed E-state index contributed by atoms with van der Waals surface area (Å²) in [6.07, 6.45) is -0.363. The van der Waals surface area contributed by atoms with Gasteiger partial charge in [-0.15, -0.1) is 0 Å². The summed E-state index contributed by atoms with van der Waals surface area (Å²) in [5.41, 5.74) is 0.775. The Morgan fingerprint density at radius 1 is 1.40 bits per heavy atom. The topological polar surface area (TPSA) is 93.1 Å². The molecule has 1 fully saturated rings. The summed E-state index contributed by atoms with van der Waals surface area (Å²) in [7, 11) is -3.55. The van der Waals surface area contributed by atoms with Crippen LogP contribution in [0, 0.1) is 0 Å². The average Bonchev–Trinajstić information content (AvgIpc) is 2.38. The van der Waals surface area contributed by atoms with E-state index in [1.165, 1.54) is 17.0 Å². The third-order valence-electron chi connectivity index (χ3n) is 2.84. The maximum absolute atomic E-state index is 11.0. The Labute approximate surface area is 116 Å². The molecule has 0 bridgehead atoms. The fourth-order valence-electron chi connectivity index (χ4n) is 1.94. The predicted octanol–water partition coefficient (Wildman–Crippen LogP) is 1.08. The smallest absolute Gasteiger partial charge is 0.407 e. The minimum Gasteiger partial charge on any atom is -0.465 e. The number of hydrogen-bond donors (Lipinski definition) is 1. The molecule has 2 rings (SSSR count). The van der Waals surface area contributed by atoms with Crippen molar-refractivity contribution in [3.8, 4) is 5.75 Å². The molecule has 0 saturated carbocycles. The van der Waals surface area contributed by atoms with E-state index in [4.69, 9.17) is 14.0 Å². The van der Waals surface area contributed by atoms with Crippen LogP contribution in [0.1, 0.15) is 11.7 Å². The molecule has 0 aliphatic carbocycles. The number of morpholine rings is 1. The SMILES string of the molecule is CS(=O)(=O)Oc1ccc([C@@H]2CN(C(=O)O)CCO2)cc1. The minimum absolute atomic E-state index is 0.210. The Hall–Kier alpha value is -1.80. The van der Waals surface area contributed by atoms with Crippen LogP contribution in [0.2, 0.25) is 0 Å². The number of ether oxygens (including phenoxy) is 1. The van der Waals surface area contributed by atoms with Gasteiger partial charge in [0.25, 0.3) is 0 Å². The van der Waals surface area contributed by atoms with Crippen LogP contribution in [0.25, 0.3) is 0 Å². The van der Waals surface area contributed by atoms with E-state index < -0.39 is 16.2 Å². The molecule has 1 aliphatic heterocycles. The molecule has 1 saturated heterocycles. The largest absolute Gasteiger partial charge is 0.465 e. The first-order valence-corrected chi connectivity index (χ1v) is 7.76. The molecule has 1 aliphatic rings. The Morgan fingerprint density at radius 2 is 2.05 bits per heavy atom. The minimum atomic E-state index is -3.55. The number of carboxylic acid groups (broad SMARTS) is 1. The van der Waals surface area contributed by atoms with Crippen molar-refractivity contribution in [2.45, 2.75) is 6.10 Å². The van der Waals surface area contributed by atoms with E-state index in [-0.39, 0.29) is 18.4 Å². The molecule has 110 valence electrons. The molecule has 20 heavy (non-hydrogen) atoms. The third-order valence-corrected chi connectivity index (χ3v) is 3.33. The molecule has 1 heterocycles. The van der Waals surface area contributed by atoms with Crippen molar-refractivity contribution in [2.24, 2.45) is 0 Å². The van der Waals surface area contributed by atoms with Crippen LogP contribution < -0.4 is 4.18 Å². The lowest BCUT2D eigenvalue weighted by Gasteiger charge is -2.31. The van der Waals surface area contributed by atoms with Gasteiger partial charge in [0.2, 0.25) is 0 Å². The fraction of sp³-hybridized carbons (Fsp3) is 0.417. The maximum atomic E-state index is 11.0. The van der Waals surface area contributed by atoms with E-state index in [2.05, 4.69) is 0 Å². The molecule has 1 amide bonds. The molecule has 1 atom stereocenters. The van der Waals surface area contributed by atoms with Gasteiger partial charge in [0, 0.05) is 6.54 Å². The third kappa shape index (κ3) is 3.84. The standard InChI is InChI=1S/C12H15NO6S/c1-20(16,17)19-10-4-2-9(3-5-10)11-8-13(12(14)15)6-7-18-11/h2-5,11H,6-8H2,1H3,(H,14,15)/t11-/m0/s1. The number of rotatable bonds is 3. The molecular weight excluding hydrogens is 286 g/mol. The summed E-state index contributed by atoms with van der Waals surface area (Å²) in [5.74, 6) is 0.210. The van der Waals surface area contributed by atoms with Crippen LogP contribution in [0.3, 0.4) is 0 Å². The Kier molecular flexibility index (Phi) is 4.15. The zero-order chi connectivity index (χ0) is 14.8. The summed E-state index contributed by atoms with van der Waals surface area (Å²) in [4.78, 5) is 12.2. The zero-order valence-electron chi connectivity index (χ0n) is 10.9. The van der Waals surface area contributed by atoms with Gasteiger partial charge >= 0.3 is 16.2 Å². The molecule has 0 unspecified atom stereocenters. The van der Waals surface area contributed by atoms with E-state index in [1.807, 2.05) is 0 Å². The van der Waals surface area contributed by atoms with Gasteiger partial charge < -0.3 is 18.9 Å². The normalized spacial score (nSPS) is 19.6. The second-order valence-electron chi connectivity index (χ2n) is 4.44. The number of carbonyl (C=O) groups is 1. The maximum Gasteiger partial charge on any atom is 0.407 e. The van der Waals surface area contributed by atoms with E-state index in [9.17, 15) is 13.2 Å². The van der Waals surface area contributed by atoms with Gasteiger partial charge in [-0.2, -0.15) is 8.42 Å².